The molecule has 0 aromatic heterocycles. The van der Waals surface area contributed by atoms with Crippen molar-refractivity contribution in [3.8, 4) is 11.5 Å². The van der Waals surface area contributed by atoms with Crippen molar-refractivity contribution in [1.29, 1.82) is 0 Å². The predicted molar refractivity (Wildman–Crippen MR) is 83.5 cm³/mol. The van der Waals surface area contributed by atoms with Crippen LogP contribution in [0.25, 0.3) is 0 Å². The van der Waals surface area contributed by atoms with E-state index in [-0.39, 0.29) is 18.1 Å². The van der Waals surface area contributed by atoms with Gasteiger partial charge in [-0.1, -0.05) is 11.6 Å². The summed E-state index contributed by atoms with van der Waals surface area (Å²) in [6, 6.07) is 9.75. The van der Waals surface area contributed by atoms with Crippen molar-refractivity contribution in [1.82, 2.24) is 0 Å². The second-order valence-electron chi connectivity index (χ2n) is 4.75. The number of rotatable bonds is 5. The Morgan fingerprint density at radius 2 is 1.83 bits per heavy atom. The summed E-state index contributed by atoms with van der Waals surface area (Å²) in [6.07, 6.45) is -4.75. The predicted octanol–water partition coefficient (Wildman–Crippen LogP) is 4.43. The number of alkyl halides is 3. The van der Waals surface area contributed by atoms with E-state index in [9.17, 15) is 18.0 Å². The number of amides is 1. The average molecular weight is 360 g/mol. The lowest BCUT2D eigenvalue weighted by molar-refractivity contribution is -0.274. The van der Waals surface area contributed by atoms with Crippen LogP contribution in [0.4, 0.5) is 18.9 Å². The molecule has 1 amide bonds. The van der Waals surface area contributed by atoms with E-state index >= 15 is 0 Å². The van der Waals surface area contributed by atoms with Crippen LogP contribution in [0.1, 0.15) is 5.56 Å². The Hall–Kier alpha value is -2.41. The van der Waals surface area contributed by atoms with Gasteiger partial charge in [0.2, 0.25) is 5.91 Å². The standard InChI is InChI=1S/C16H13ClF3NO3/c1-23-14-7-2-11(17)8-10(14)9-15(22)21-12-3-5-13(6-4-12)24-16(18,19)20/h2-8H,9H2,1H3,(H,21,22). The number of hydrogen-bond donors (Lipinski definition) is 1. The fourth-order valence-electron chi connectivity index (χ4n) is 2.00. The van der Waals surface area contributed by atoms with Gasteiger partial charge in [0, 0.05) is 16.3 Å². The summed E-state index contributed by atoms with van der Waals surface area (Å²) in [4.78, 5) is 12.1. The Labute approximate surface area is 141 Å². The van der Waals surface area contributed by atoms with Crippen molar-refractivity contribution in [3.05, 3.63) is 53.1 Å². The Balaban J connectivity index is 2.01. The van der Waals surface area contributed by atoms with Crippen LogP contribution in [-0.4, -0.2) is 19.4 Å². The van der Waals surface area contributed by atoms with Gasteiger partial charge in [0.1, 0.15) is 11.5 Å². The van der Waals surface area contributed by atoms with Crippen LogP contribution in [-0.2, 0) is 11.2 Å². The molecular formula is C16H13ClF3NO3. The second-order valence-corrected chi connectivity index (χ2v) is 5.19. The van der Waals surface area contributed by atoms with Gasteiger partial charge in [0.15, 0.2) is 0 Å². The lowest BCUT2D eigenvalue weighted by Gasteiger charge is -2.11. The molecule has 0 spiro atoms. The summed E-state index contributed by atoms with van der Waals surface area (Å²) < 4.78 is 45.2. The van der Waals surface area contributed by atoms with Crippen LogP contribution in [0.15, 0.2) is 42.5 Å². The maximum Gasteiger partial charge on any atom is 0.573 e. The maximum atomic E-state index is 12.1. The van der Waals surface area contributed by atoms with E-state index in [2.05, 4.69) is 10.1 Å². The Bertz CT molecular complexity index is 717. The molecular weight excluding hydrogens is 347 g/mol. The van der Waals surface area contributed by atoms with Crippen LogP contribution in [0.2, 0.25) is 5.02 Å². The highest BCUT2D eigenvalue weighted by molar-refractivity contribution is 6.30. The largest absolute Gasteiger partial charge is 0.573 e. The highest BCUT2D eigenvalue weighted by Crippen LogP contribution is 2.25. The zero-order valence-electron chi connectivity index (χ0n) is 12.5. The van der Waals surface area contributed by atoms with E-state index in [1.54, 1.807) is 18.2 Å². The molecule has 2 rings (SSSR count). The third-order valence-corrected chi connectivity index (χ3v) is 3.20. The van der Waals surface area contributed by atoms with E-state index < -0.39 is 6.36 Å². The Kier molecular flexibility index (Phi) is 5.56. The first-order valence-corrected chi connectivity index (χ1v) is 7.13. The Morgan fingerprint density at radius 1 is 1.17 bits per heavy atom. The number of nitrogens with one attached hydrogen (secondary N) is 1. The van der Waals surface area contributed by atoms with Crippen molar-refractivity contribution < 1.29 is 27.4 Å². The van der Waals surface area contributed by atoms with E-state index in [4.69, 9.17) is 16.3 Å². The van der Waals surface area contributed by atoms with Crippen molar-refractivity contribution in [2.75, 3.05) is 12.4 Å². The fraction of sp³-hybridized carbons (Fsp3) is 0.188. The molecule has 2 aromatic carbocycles. The SMILES string of the molecule is COc1ccc(Cl)cc1CC(=O)Nc1ccc(OC(F)(F)F)cc1. The molecule has 4 nitrogen and oxygen atoms in total. The first-order valence-electron chi connectivity index (χ1n) is 6.75. The topological polar surface area (TPSA) is 47.6 Å². The minimum absolute atomic E-state index is 0.00450. The lowest BCUT2D eigenvalue weighted by atomic mass is 10.1. The summed E-state index contributed by atoms with van der Waals surface area (Å²) >= 11 is 5.89. The van der Waals surface area contributed by atoms with Gasteiger partial charge in [0.05, 0.1) is 13.5 Å². The van der Waals surface area contributed by atoms with E-state index in [0.29, 0.717) is 22.0 Å². The minimum Gasteiger partial charge on any atom is -0.496 e. The lowest BCUT2D eigenvalue weighted by Crippen LogP contribution is -2.17. The average Bonchev–Trinajstić information content (AvgIpc) is 2.48. The van der Waals surface area contributed by atoms with Gasteiger partial charge in [-0.3, -0.25) is 4.79 Å². The van der Waals surface area contributed by atoms with Gasteiger partial charge < -0.3 is 14.8 Å². The monoisotopic (exact) mass is 359 g/mol. The smallest absolute Gasteiger partial charge is 0.496 e. The van der Waals surface area contributed by atoms with Gasteiger partial charge in [-0.25, -0.2) is 0 Å². The second kappa shape index (κ2) is 7.44. The number of hydrogen-bond acceptors (Lipinski definition) is 3. The molecule has 0 radical (unpaired) electrons. The molecule has 0 aliphatic carbocycles. The third-order valence-electron chi connectivity index (χ3n) is 2.97. The van der Waals surface area contributed by atoms with Crippen molar-refractivity contribution >= 4 is 23.2 Å². The number of anilines is 1. The molecule has 2 aromatic rings. The van der Waals surface area contributed by atoms with Gasteiger partial charge in [-0.2, -0.15) is 0 Å². The number of halogens is 4. The molecule has 0 aliphatic rings. The molecule has 0 saturated carbocycles. The van der Waals surface area contributed by atoms with Crippen LogP contribution < -0.4 is 14.8 Å². The molecule has 0 bridgehead atoms. The number of benzene rings is 2. The summed E-state index contributed by atoms with van der Waals surface area (Å²) in [7, 11) is 1.48. The van der Waals surface area contributed by atoms with Crippen LogP contribution in [0.3, 0.4) is 0 Å². The fourth-order valence-corrected chi connectivity index (χ4v) is 2.20. The number of ether oxygens (including phenoxy) is 2. The summed E-state index contributed by atoms with van der Waals surface area (Å²) in [5.74, 6) is -0.208. The summed E-state index contributed by atoms with van der Waals surface area (Å²) in [5, 5.41) is 3.04. The molecule has 0 fully saturated rings. The third kappa shape index (κ3) is 5.34. The van der Waals surface area contributed by atoms with Crippen LogP contribution in [0, 0.1) is 0 Å². The van der Waals surface area contributed by atoms with Gasteiger partial charge >= 0.3 is 6.36 Å². The zero-order valence-corrected chi connectivity index (χ0v) is 13.2. The molecule has 8 heteroatoms. The normalized spacial score (nSPS) is 11.0. The summed E-state index contributed by atoms with van der Waals surface area (Å²) in [6.45, 7) is 0. The van der Waals surface area contributed by atoms with Crippen LogP contribution in [0.5, 0.6) is 11.5 Å². The van der Waals surface area contributed by atoms with E-state index in [1.807, 2.05) is 0 Å². The van der Waals surface area contributed by atoms with Crippen molar-refractivity contribution in [2.24, 2.45) is 0 Å². The molecule has 1 N–H and O–H groups in total. The maximum absolute atomic E-state index is 12.1. The van der Waals surface area contributed by atoms with Crippen molar-refractivity contribution in [2.45, 2.75) is 12.8 Å². The first-order chi connectivity index (χ1) is 11.3. The highest BCUT2D eigenvalue weighted by Gasteiger charge is 2.30. The summed E-state index contributed by atoms with van der Waals surface area (Å²) in [5.41, 5.74) is 0.940. The van der Waals surface area contributed by atoms with Crippen molar-refractivity contribution in [3.63, 3.8) is 0 Å². The molecule has 128 valence electrons. The zero-order chi connectivity index (χ0) is 17.7. The molecule has 0 unspecified atom stereocenters. The molecule has 0 heterocycles. The number of methoxy groups -OCH3 is 1. The molecule has 0 saturated heterocycles. The van der Waals surface area contributed by atoms with Gasteiger partial charge in [0.25, 0.3) is 0 Å². The Morgan fingerprint density at radius 3 is 2.42 bits per heavy atom. The molecule has 0 aliphatic heterocycles. The van der Waals surface area contributed by atoms with E-state index in [0.717, 1.165) is 12.1 Å². The molecule has 0 atom stereocenters. The van der Waals surface area contributed by atoms with Crippen LogP contribution >= 0.6 is 11.6 Å². The number of carbonyl (C=O) groups is 1. The molecule has 24 heavy (non-hydrogen) atoms. The minimum atomic E-state index is -4.76. The van der Waals surface area contributed by atoms with E-state index in [1.165, 1.54) is 19.2 Å². The van der Waals surface area contributed by atoms with Gasteiger partial charge in [-0.05, 0) is 42.5 Å². The van der Waals surface area contributed by atoms with Gasteiger partial charge in [-0.15, -0.1) is 13.2 Å². The quantitative estimate of drug-likeness (QED) is 0.859. The number of carbonyl (C=O) groups excluding carboxylic acids is 1. The highest BCUT2D eigenvalue weighted by atomic mass is 35.5. The first kappa shape index (κ1) is 17.9.